The summed E-state index contributed by atoms with van der Waals surface area (Å²) in [7, 11) is 0. The van der Waals surface area contributed by atoms with Crippen molar-refractivity contribution >= 4 is 0 Å². The van der Waals surface area contributed by atoms with Crippen LogP contribution in [0.1, 0.15) is 25.0 Å². The topological polar surface area (TPSA) is 20.2 Å². The van der Waals surface area contributed by atoms with E-state index in [9.17, 15) is 5.11 Å². The molecule has 1 rings (SSSR count). The van der Waals surface area contributed by atoms with Crippen molar-refractivity contribution in [3.8, 4) is 0 Å². The minimum atomic E-state index is -0.346. The molecule has 10 heavy (non-hydrogen) atoms. The second-order valence-electron chi connectivity index (χ2n) is 2.24. The molecule has 0 heterocycles. The number of hydrogen-bond acceptors (Lipinski definition) is 1. The maximum atomic E-state index is 9.30. The van der Waals surface area contributed by atoms with Crippen LogP contribution in [0.4, 0.5) is 0 Å². The fourth-order valence-corrected chi connectivity index (χ4v) is 0.834. The first kappa shape index (κ1) is 7.29. The van der Waals surface area contributed by atoms with E-state index in [1.54, 1.807) is 0 Å². The molecule has 1 nitrogen and oxygen atoms in total. The van der Waals surface area contributed by atoms with E-state index < -0.39 is 0 Å². The fraction of sp³-hybridized carbons (Fsp3) is 0.333. The summed E-state index contributed by atoms with van der Waals surface area (Å²) in [5.74, 6) is 0. The predicted molar refractivity (Wildman–Crippen MR) is 40.5 cm³/mol. The Morgan fingerprint density at radius 2 is 2.40 bits per heavy atom. The van der Waals surface area contributed by atoms with E-state index in [4.69, 9.17) is 0 Å². The highest BCUT2D eigenvalue weighted by Crippen LogP contribution is 2.13. The Morgan fingerprint density at radius 3 is 2.90 bits per heavy atom. The Bertz CT molecular complexity index is 181. The van der Waals surface area contributed by atoms with Crippen molar-refractivity contribution in [3.63, 3.8) is 0 Å². The highest BCUT2D eigenvalue weighted by atomic mass is 16.3. The molecule has 0 fully saturated rings. The van der Waals surface area contributed by atoms with Crippen LogP contribution in [0.15, 0.2) is 24.3 Å². The minimum Gasteiger partial charge on any atom is -0.388 e. The summed E-state index contributed by atoms with van der Waals surface area (Å²) in [5.41, 5.74) is 0.880. The maximum absolute atomic E-state index is 9.30. The van der Waals surface area contributed by atoms with Crippen LogP contribution >= 0.6 is 0 Å². The maximum Gasteiger partial charge on any atom is 0.0793 e. The van der Waals surface area contributed by atoms with Crippen molar-refractivity contribution in [2.45, 2.75) is 19.4 Å². The third-order valence-electron chi connectivity index (χ3n) is 1.48. The molecule has 53 valence electrons. The Labute approximate surface area is 61.3 Å². The molecule has 0 amide bonds. The van der Waals surface area contributed by atoms with Gasteiger partial charge in [0.05, 0.1) is 6.10 Å². The van der Waals surface area contributed by atoms with E-state index in [1.165, 1.54) is 0 Å². The molecule has 0 aromatic heterocycles. The Morgan fingerprint density at radius 1 is 1.60 bits per heavy atom. The largest absolute Gasteiger partial charge is 0.388 e. The first-order chi connectivity index (χ1) is 4.84. The molecule has 0 aliphatic carbocycles. The summed E-state index contributed by atoms with van der Waals surface area (Å²) in [6.07, 6.45) is 0.404. The van der Waals surface area contributed by atoms with Gasteiger partial charge in [-0.25, -0.2) is 0 Å². The van der Waals surface area contributed by atoms with Gasteiger partial charge in [0.15, 0.2) is 0 Å². The smallest absolute Gasteiger partial charge is 0.0793 e. The summed E-state index contributed by atoms with van der Waals surface area (Å²) in [6.45, 7) is 1.95. The standard InChI is InChI=1S/C9H11O/c1-2-9(10)8-6-4-3-5-7-8/h3-6,9-10H,2H2,1H3. The number of hydrogen-bond donors (Lipinski definition) is 1. The highest BCUT2D eigenvalue weighted by molar-refractivity contribution is 5.15. The van der Waals surface area contributed by atoms with Gasteiger partial charge in [-0.05, 0) is 18.1 Å². The minimum absolute atomic E-state index is 0.346. The molecule has 1 aromatic carbocycles. The van der Waals surface area contributed by atoms with Gasteiger partial charge in [0, 0.05) is 0 Å². The van der Waals surface area contributed by atoms with Crippen molar-refractivity contribution in [3.05, 3.63) is 35.9 Å². The van der Waals surface area contributed by atoms with Crippen LogP contribution in [0.25, 0.3) is 0 Å². The van der Waals surface area contributed by atoms with E-state index in [1.807, 2.05) is 31.2 Å². The van der Waals surface area contributed by atoms with Crippen LogP contribution in [0.3, 0.4) is 0 Å². The first-order valence-electron chi connectivity index (χ1n) is 3.49. The lowest BCUT2D eigenvalue weighted by Crippen LogP contribution is -1.93. The number of aliphatic hydroxyl groups excluding tert-OH is 1. The van der Waals surface area contributed by atoms with Crippen LogP contribution in [-0.2, 0) is 0 Å². The summed E-state index contributed by atoms with van der Waals surface area (Å²) in [4.78, 5) is 0. The van der Waals surface area contributed by atoms with E-state index >= 15 is 0 Å². The summed E-state index contributed by atoms with van der Waals surface area (Å²) in [5, 5.41) is 9.30. The van der Waals surface area contributed by atoms with Crippen LogP contribution in [-0.4, -0.2) is 5.11 Å². The van der Waals surface area contributed by atoms with Crippen LogP contribution in [0.5, 0.6) is 0 Å². The Hall–Kier alpha value is -0.820. The second-order valence-corrected chi connectivity index (χ2v) is 2.24. The fourth-order valence-electron chi connectivity index (χ4n) is 0.834. The van der Waals surface area contributed by atoms with Gasteiger partial charge in [0.1, 0.15) is 0 Å². The van der Waals surface area contributed by atoms with Gasteiger partial charge in [0.25, 0.3) is 0 Å². The average Bonchev–Trinajstić information content (AvgIpc) is 2.05. The van der Waals surface area contributed by atoms with Gasteiger partial charge in [-0.2, -0.15) is 0 Å². The van der Waals surface area contributed by atoms with Gasteiger partial charge in [-0.1, -0.05) is 31.2 Å². The van der Waals surface area contributed by atoms with Crippen molar-refractivity contribution in [1.82, 2.24) is 0 Å². The molecule has 0 saturated carbocycles. The molecule has 1 atom stereocenters. The summed E-state index contributed by atoms with van der Waals surface area (Å²) < 4.78 is 0. The first-order valence-corrected chi connectivity index (χ1v) is 3.49. The lowest BCUT2D eigenvalue weighted by molar-refractivity contribution is 0.173. The Kier molecular flexibility index (Phi) is 2.46. The third kappa shape index (κ3) is 1.58. The summed E-state index contributed by atoms with van der Waals surface area (Å²) >= 11 is 0. The molecular formula is C9H11O. The Balaban J connectivity index is 2.75. The predicted octanol–water partition coefficient (Wildman–Crippen LogP) is 1.93. The summed E-state index contributed by atoms with van der Waals surface area (Å²) in [6, 6.07) is 10.5. The zero-order valence-corrected chi connectivity index (χ0v) is 6.04. The van der Waals surface area contributed by atoms with Gasteiger partial charge < -0.3 is 5.11 Å². The molecule has 0 spiro atoms. The van der Waals surface area contributed by atoms with Gasteiger partial charge in [0.2, 0.25) is 0 Å². The molecular weight excluding hydrogens is 124 g/mol. The van der Waals surface area contributed by atoms with Gasteiger partial charge >= 0.3 is 0 Å². The van der Waals surface area contributed by atoms with E-state index in [2.05, 4.69) is 6.07 Å². The van der Waals surface area contributed by atoms with Crippen molar-refractivity contribution in [2.75, 3.05) is 0 Å². The van der Waals surface area contributed by atoms with Crippen molar-refractivity contribution < 1.29 is 5.11 Å². The zero-order valence-electron chi connectivity index (χ0n) is 6.04. The van der Waals surface area contributed by atoms with Crippen LogP contribution in [0, 0.1) is 6.07 Å². The monoisotopic (exact) mass is 135 g/mol. The van der Waals surface area contributed by atoms with Crippen molar-refractivity contribution in [2.24, 2.45) is 0 Å². The van der Waals surface area contributed by atoms with Crippen molar-refractivity contribution in [1.29, 1.82) is 0 Å². The average molecular weight is 135 g/mol. The SMILES string of the molecule is CCC(O)c1[c]cccc1. The zero-order chi connectivity index (χ0) is 7.40. The number of rotatable bonds is 2. The molecule has 1 heteroatoms. The lowest BCUT2D eigenvalue weighted by Gasteiger charge is -2.05. The van der Waals surface area contributed by atoms with E-state index in [-0.39, 0.29) is 6.10 Å². The van der Waals surface area contributed by atoms with E-state index in [0.717, 1.165) is 12.0 Å². The number of benzene rings is 1. The number of aliphatic hydroxyl groups is 1. The highest BCUT2D eigenvalue weighted by Gasteiger charge is 2.01. The third-order valence-corrected chi connectivity index (χ3v) is 1.48. The molecule has 1 N–H and O–H groups in total. The lowest BCUT2D eigenvalue weighted by atomic mass is 10.1. The van der Waals surface area contributed by atoms with Crippen LogP contribution in [0.2, 0.25) is 0 Å². The van der Waals surface area contributed by atoms with Gasteiger partial charge in [-0.15, -0.1) is 0 Å². The van der Waals surface area contributed by atoms with E-state index in [0.29, 0.717) is 0 Å². The quantitative estimate of drug-likeness (QED) is 0.657. The van der Waals surface area contributed by atoms with Gasteiger partial charge in [-0.3, -0.25) is 0 Å². The molecule has 1 unspecified atom stereocenters. The molecule has 0 bridgehead atoms. The van der Waals surface area contributed by atoms with Crippen LogP contribution < -0.4 is 0 Å². The normalized spacial score (nSPS) is 13.0. The second kappa shape index (κ2) is 3.37. The molecule has 0 aliphatic rings. The molecule has 0 aliphatic heterocycles. The molecule has 1 radical (unpaired) electrons. The molecule has 1 aromatic rings. The molecule has 0 saturated heterocycles.